The second kappa shape index (κ2) is 11.9. The topological polar surface area (TPSA) is 51.8 Å². The maximum Gasteiger partial charge on any atom is 0.164 e. The zero-order chi connectivity index (χ0) is 33.7. The lowest BCUT2D eigenvalue weighted by Gasteiger charge is -2.10. The van der Waals surface area contributed by atoms with Crippen molar-refractivity contribution in [1.29, 1.82) is 0 Å². The van der Waals surface area contributed by atoms with Gasteiger partial charge in [0.15, 0.2) is 17.5 Å². The molecule has 4 heteroatoms. The lowest BCUT2D eigenvalue weighted by molar-refractivity contribution is 0.670. The predicted octanol–water partition coefficient (Wildman–Crippen LogP) is 12.4. The van der Waals surface area contributed by atoms with E-state index in [9.17, 15) is 0 Å². The molecule has 0 amide bonds. The first-order valence-corrected chi connectivity index (χ1v) is 17.1. The Morgan fingerprint density at radius 2 is 0.843 bits per heavy atom. The van der Waals surface area contributed by atoms with E-state index in [4.69, 9.17) is 19.4 Å². The molecule has 0 aliphatic carbocycles. The largest absolute Gasteiger partial charge is 0.455 e. The summed E-state index contributed by atoms with van der Waals surface area (Å²) in [6.07, 6.45) is 0. The van der Waals surface area contributed by atoms with Gasteiger partial charge in [-0.05, 0) is 62.5 Å². The van der Waals surface area contributed by atoms with Gasteiger partial charge < -0.3 is 4.42 Å². The molecule has 10 rings (SSSR count). The van der Waals surface area contributed by atoms with Crippen LogP contribution in [0.25, 0.3) is 99.9 Å². The van der Waals surface area contributed by atoms with Gasteiger partial charge in [0.25, 0.3) is 0 Å². The van der Waals surface area contributed by atoms with E-state index in [-0.39, 0.29) is 0 Å². The van der Waals surface area contributed by atoms with Crippen molar-refractivity contribution in [3.63, 3.8) is 0 Å². The molecule has 0 unspecified atom stereocenters. The van der Waals surface area contributed by atoms with Gasteiger partial charge in [-0.15, -0.1) is 0 Å². The summed E-state index contributed by atoms with van der Waals surface area (Å²) in [6, 6.07) is 61.0. The molecule has 2 aromatic heterocycles. The molecule has 0 saturated heterocycles. The average molecular weight is 652 g/mol. The van der Waals surface area contributed by atoms with Gasteiger partial charge in [0.05, 0.1) is 0 Å². The summed E-state index contributed by atoms with van der Waals surface area (Å²) in [6.45, 7) is 0. The molecule has 0 aliphatic heterocycles. The highest BCUT2D eigenvalue weighted by Crippen LogP contribution is 2.42. The van der Waals surface area contributed by atoms with E-state index in [1.54, 1.807) is 0 Å². The van der Waals surface area contributed by atoms with Crippen LogP contribution in [0.5, 0.6) is 0 Å². The fraction of sp³-hybridized carbons (Fsp3) is 0. The van der Waals surface area contributed by atoms with Crippen molar-refractivity contribution in [1.82, 2.24) is 15.0 Å². The minimum atomic E-state index is 0.589. The normalized spacial score (nSPS) is 11.5. The third-order valence-electron chi connectivity index (χ3n) is 9.70. The van der Waals surface area contributed by atoms with Gasteiger partial charge in [-0.2, -0.15) is 0 Å². The number of rotatable bonds is 5. The minimum absolute atomic E-state index is 0.589. The fourth-order valence-corrected chi connectivity index (χ4v) is 7.14. The molecule has 238 valence electrons. The lowest BCUT2D eigenvalue weighted by atomic mass is 9.95. The fourth-order valence-electron chi connectivity index (χ4n) is 7.14. The molecular weight excluding hydrogens is 623 g/mol. The third kappa shape index (κ3) is 5.13. The van der Waals surface area contributed by atoms with E-state index < -0.39 is 0 Å². The molecule has 0 N–H and O–H groups in total. The van der Waals surface area contributed by atoms with Gasteiger partial charge in [0.1, 0.15) is 11.2 Å². The van der Waals surface area contributed by atoms with Gasteiger partial charge in [0, 0.05) is 33.0 Å². The van der Waals surface area contributed by atoms with Gasteiger partial charge in [0.2, 0.25) is 0 Å². The molecule has 0 atom stereocenters. The molecule has 0 spiro atoms. The van der Waals surface area contributed by atoms with E-state index in [0.717, 1.165) is 66.1 Å². The molecule has 0 aliphatic rings. The Kier molecular flexibility index (Phi) is 6.78. The van der Waals surface area contributed by atoms with Crippen molar-refractivity contribution in [2.24, 2.45) is 0 Å². The van der Waals surface area contributed by atoms with Crippen LogP contribution in [0.3, 0.4) is 0 Å². The maximum absolute atomic E-state index is 6.77. The number of hydrogen-bond donors (Lipinski definition) is 0. The number of nitrogens with zero attached hydrogens (tertiary/aromatic N) is 3. The van der Waals surface area contributed by atoms with Gasteiger partial charge in [-0.1, -0.05) is 152 Å². The summed E-state index contributed by atoms with van der Waals surface area (Å²) in [5, 5.41) is 6.78. The zero-order valence-electron chi connectivity index (χ0n) is 27.5. The van der Waals surface area contributed by atoms with Crippen molar-refractivity contribution in [3.05, 3.63) is 176 Å². The number of benzene rings is 8. The van der Waals surface area contributed by atoms with Crippen LogP contribution in [0, 0.1) is 0 Å². The number of aromatic nitrogens is 3. The van der Waals surface area contributed by atoms with Crippen molar-refractivity contribution in [2.45, 2.75) is 0 Å². The van der Waals surface area contributed by atoms with Crippen molar-refractivity contribution in [2.75, 3.05) is 0 Å². The van der Waals surface area contributed by atoms with Crippen LogP contribution in [0.1, 0.15) is 0 Å². The summed E-state index contributed by atoms with van der Waals surface area (Å²) < 4.78 is 6.77. The Hall–Kier alpha value is -6.91. The van der Waals surface area contributed by atoms with Crippen molar-refractivity contribution in [3.8, 4) is 56.4 Å². The highest BCUT2D eigenvalue weighted by atomic mass is 16.3. The molecule has 51 heavy (non-hydrogen) atoms. The molecule has 0 radical (unpaired) electrons. The second-order valence-electron chi connectivity index (χ2n) is 12.8. The standard InChI is InChI=1S/C47H29N3O/c1-3-11-30(12-4-1)32-19-22-34(23-20-32)45-48-46(37-24-21-31-13-7-8-16-35(31)27-37)50-47(49-45)38-25-26-40-41-28-36-17-9-10-18-39(36)43(33-14-5-2-6-15-33)44(41)51-42(40)29-38/h1-29H. The first-order chi connectivity index (χ1) is 25.2. The highest BCUT2D eigenvalue weighted by molar-refractivity contribution is 6.18. The Morgan fingerprint density at radius 1 is 0.314 bits per heavy atom. The van der Waals surface area contributed by atoms with Crippen LogP contribution in [0.2, 0.25) is 0 Å². The SMILES string of the molecule is c1ccc(-c2ccc(-c3nc(-c4ccc5ccccc5c4)nc(-c4ccc5c(c4)oc4c(-c6ccccc6)c6ccccc6cc45)n3)cc2)cc1. The first kappa shape index (κ1) is 29.0. The predicted molar refractivity (Wildman–Crippen MR) is 209 cm³/mol. The Bertz CT molecular complexity index is 2900. The van der Waals surface area contributed by atoms with E-state index in [2.05, 4.69) is 164 Å². The van der Waals surface area contributed by atoms with E-state index in [1.165, 1.54) is 16.3 Å². The maximum atomic E-state index is 6.77. The summed E-state index contributed by atoms with van der Waals surface area (Å²) in [4.78, 5) is 15.2. The summed E-state index contributed by atoms with van der Waals surface area (Å²) in [7, 11) is 0. The molecule has 8 aromatic carbocycles. The lowest BCUT2D eigenvalue weighted by Crippen LogP contribution is -2.00. The van der Waals surface area contributed by atoms with Crippen LogP contribution >= 0.6 is 0 Å². The van der Waals surface area contributed by atoms with E-state index in [0.29, 0.717) is 17.5 Å². The van der Waals surface area contributed by atoms with Crippen LogP contribution < -0.4 is 0 Å². The highest BCUT2D eigenvalue weighted by Gasteiger charge is 2.19. The van der Waals surface area contributed by atoms with Crippen LogP contribution in [-0.4, -0.2) is 15.0 Å². The number of furan rings is 1. The monoisotopic (exact) mass is 651 g/mol. The minimum Gasteiger partial charge on any atom is -0.455 e. The molecule has 10 aromatic rings. The molecule has 0 fully saturated rings. The zero-order valence-corrected chi connectivity index (χ0v) is 27.5. The van der Waals surface area contributed by atoms with Crippen LogP contribution in [-0.2, 0) is 0 Å². The van der Waals surface area contributed by atoms with Gasteiger partial charge >= 0.3 is 0 Å². The average Bonchev–Trinajstić information content (AvgIpc) is 3.57. The number of hydrogen-bond acceptors (Lipinski definition) is 4. The van der Waals surface area contributed by atoms with Gasteiger partial charge in [-0.25, -0.2) is 15.0 Å². The summed E-state index contributed by atoms with van der Waals surface area (Å²) >= 11 is 0. The van der Waals surface area contributed by atoms with E-state index >= 15 is 0 Å². The molecule has 0 saturated carbocycles. The Morgan fingerprint density at radius 3 is 1.59 bits per heavy atom. The second-order valence-corrected chi connectivity index (χ2v) is 12.8. The molecule has 0 bridgehead atoms. The quantitative estimate of drug-likeness (QED) is 0.186. The van der Waals surface area contributed by atoms with Gasteiger partial charge in [-0.3, -0.25) is 0 Å². The third-order valence-corrected chi connectivity index (χ3v) is 9.70. The number of fused-ring (bicyclic) bond motifs is 5. The van der Waals surface area contributed by atoms with Crippen LogP contribution in [0.15, 0.2) is 180 Å². The smallest absolute Gasteiger partial charge is 0.164 e. The first-order valence-electron chi connectivity index (χ1n) is 17.1. The Labute approximate surface area is 294 Å². The Balaban J connectivity index is 1.15. The van der Waals surface area contributed by atoms with Crippen molar-refractivity contribution >= 4 is 43.5 Å². The van der Waals surface area contributed by atoms with Crippen LogP contribution in [0.4, 0.5) is 0 Å². The molecule has 4 nitrogen and oxygen atoms in total. The molecular formula is C47H29N3O. The molecule has 2 heterocycles. The summed E-state index contributed by atoms with van der Waals surface area (Å²) in [5.74, 6) is 1.83. The van der Waals surface area contributed by atoms with E-state index in [1.807, 2.05) is 12.1 Å². The summed E-state index contributed by atoms with van der Waals surface area (Å²) in [5.41, 5.74) is 8.91. The van der Waals surface area contributed by atoms with Crippen molar-refractivity contribution < 1.29 is 4.42 Å².